The molecule has 1 N–H and O–H groups in total. The Labute approximate surface area is 144 Å². The van der Waals surface area contributed by atoms with Gasteiger partial charge in [-0.05, 0) is 44.4 Å². The largest absolute Gasteiger partial charge is 0.496 e. The van der Waals surface area contributed by atoms with E-state index in [0.717, 1.165) is 25.7 Å². The molecule has 1 saturated heterocycles. The number of hydrogen-bond donors (Lipinski definition) is 1. The van der Waals surface area contributed by atoms with Crippen molar-refractivity contribution in [3.05, 3.63) is 23.8 Å². The van der Waals surface area contributed by atoms with E-state index in [0.29, 0.717) is 24.4 Å². The highest BCUT2D eigenvalue weighted by Gasteiger charge is 2.25. The molecule has 7 heteroatoms. The standard InChI is InChI=1S/C17H26N2O4S/c1-4-7-13(2)18-24(21,22)14-8-9-16(23-3)15(12-14)17(20)19-10-5-6-11-19/h8-9,12-13,18H,4-7,10-11H2,1-3H3/t13-/m0/s1. The Morgan fingerprint density at radius 2 is 2.00 bits per heavy atom. The minimum atomic E-state index is -3.66. The van der Waals surface area contributed by atoms with E-state index in [9.17, 15) is 13.2 Å². The third-order valence-electron chi connectivity index (χ3n) is 4.18. The number of rotatable bonds is 7. The first kappa shape index (κ1) is 18.7. The summed E-state index contributed by atoms with van der Waals surface area (Å²) in [4.78, 5) is 14.5. The van der Waals surface area contributed by atoms with E-state index in [1.807, 2.05) is 13.8 Å². The summed E-state index contributed by atoms with van der Waals surface area (Å²) in [6.45, 7) is 5.24. The summed E-state index contributed by atoms with van der Waals surface area (Å²) in [5.41, 5.74) is 0.297. The average molecular weight is 354 g/mol. The monoisotopic (exact) mass is 354 g/mol. The highest BCUT2D eigenvalue weighted by atomic mass is 32.2. The third kappa shape index (κ3) is 4.27. The first-order chi connectivity index (χ1) is 11.4. The number of hydrogen-bond acceptors (Lipinski definition) is 4. The van der Waals surface area contributed by atoms with Crippen LogP contribution in [0.2, 0.25) is 0 Å². The van der Waals surface area contributed by atoms with Gasteiger partial charge in [0.2, 0.25) is 10.0 Å². The maximum absolute atomic E-state index is 12.7. The van der Waals surface area contributed by atoms with Gasteiger partial charge < -0.3 is 9.64 Å². The van der Waals surface area contributed by atoms with Crippen molar-refractivity contribution in [1.29, 1.82) is 0 Å². The van der Waals surface area contributed by atoms with E-state index in [1.165, 1.54) is 19.2 Å². The fraction of sp³-hybridized carbons (Fsp3) is 0.588. The number of carbonyl (C=O) groups is 1. The average Bonchev–Trinajstić information content (AvgIpc) is 3.07. The summed E-state index contributed by atoms with van der Waals surface area (Å²) < 4.78 is 33.0. The Morgan fingerprint density at radius 1 is 1.33 bits per heavy atom. The molecule has 2 rings (SSSR count). The zero-order chi connectivity index (χ0) is 17.7. The summed E-state index contributed by atoms with van der Waals surface area (Å²) in [5.74, 6) is 0.218. The second-order valence-corrected chi connectivity index (χ2v) is 7.89. The number of benzene rings is 1. The quantitative estimate of drug-likeness (QED) is 0.816. The van der Waals surface area contributed by atoms with Gasteiger partial charge in [0.1, 0.15) is 5.75 Å². The number of nitrogens with one attached hydrogen (secondary N) is 1. The molecule has 1 heterocycles. The molecule has 0 unspecified atom stereocenters. The van der Waals surface area contributed by atoms with E-state index in [2.05, 4.69) is 4.72 Å². The molecule has 0 aliphatic carbocycles. The van der Waals surface area contributed by atoms with Gasteiger partial charge in [0.15, 0.2) is 0 Å². The minimum Gasteiger partial charge on any atom is -0.496 e. The van der Waals surface area contributed by atoms with Crippen molar-refractivity contribution in [2.75, 3.05) is 20.2 Å². The Bertz CT molecular complexity index is 682. The zero-order valence-corrected chi connectivity index (χ0v) is 15.4. The van der Waals surface area contributed by atoms with Crippen molar-refractivity contribution in [1.82, 2.24) is 9.62 Å². The van der Waals surface area contributed by atoms with E-state index >= 15 is 0 Å². The molecule has 1 atom stereocenters. The van der Waals surface area contributed by atoms with Crippen LogP contribution in [-0.4, -0.2) is 45.5 Å². The molecular formula is C17H26N2O4S. The Balaban J connectivity index is 2.32. The second kappa shape index (κ2) is 7.98. The first-order valence-electron chi connectivity index (χ1n) is 8.38. The summed E-state index contributed by atoms with van der Waals surface area (Å²) in [6.07, 6.45) is 3.60. The first-order valence-corrected chi connectivity index (χ1v) is 9.87. The van der Waals surface area contributed by atoms with Crippen molar-refractivity contribution >= 4 is 15.9 Å². The number of ether oxygens (including phenoxy) is 1. The third-order valence-corrected chi connectivity index (χ3v) is 5.77. The molecule has 1 fully saturated rings. The topological polar surface area (TPSA) is 75.7 Å². The van der Waals surface area contributed by atoms with Gasteiger partial charge in [0.25, 0.3) is 5.91 Å². The lowest BCUT2D eigenvalue weighted by Gasteiger charge is -2.18. The van der Waals surface area contributed by atoms with Gasteiger partial charge in [0, 0.05) is 19.1 Å². The smallest absolute Gasteiger partial charge is 0.257 e. The number of sulfonamides is 1. The van der Waals surface area contributed by atoms with Crippen molar-refractivity contribution < 1.29 is 17.9 Å². The van der Waals surface area contributed by atoms with E-state index in [1.54, 1.807) is 11.0 Å². The van der Waals surface area contributed by atoms with E-state index in [4.69, 9.17) is 4.74 Å². The fourth-order valence-electron chi connectivity index (χ4n) is 2.94. The van der Waals surface area contributed by atoms with Crippen LogP contribution >= 0.6 is 0 Å². The van der Waals surface area contributed by atoms with Crippen LogP contribution in [0.15, 0.2) is 23.1 Å². The highest BCUT2D eigenvalue weighted by Crippen LogP contribution is 2.25. The van der Waals surface area contributed by atoms with Crippen LogP contribution in [0.3, 0.4) is 0 Å². The number of nitrogens with zero attached hydrogens (tertiary/aromatic N) is 1. The summed E-state index contributed by atoms with van der Waals surface area (Å²) in [7, 11) is -2.18. The molecule has 6 nitrogen and oxygen atoms in total. The van der Waals surface area contributed by atoms with Gasteiger partial charge in [0.05, 0.1) is 17.6 Å². The lowest BCUT2D eigenvalue weighted by atomic mass is 10.1. The molecule has 0 bridgehead atoms. The van der Waals surface area contributed by atoms with Crippen LogP contribution in [0, 0.1) is 0 Å². The van der Waals surface area contributed by atoms with Gasteiger partial charge >= 0.3 is 0 Å². The lowest BCUT2D eigenvalue weighted by Crippen LogP contribution is -2.33. The minimum absolute atomic E-state index is 0.0915. The predicted octanol–water partition coefficient (Wildman–Crippen LogP) is 2.40. The zero-order valence-electron chi connectivity index (χ0n) is 14.5. The van der Waals surface area contributed by atoms with Crippen molar-refractivity contribution in [3.63, 3.8) is 0 Å². The lowest BCUT2D eigenvalue weighted by molar-refractivity contribution is 0.0789. The van der Waals surface area contributed by atoms with Crippen molar-refractivity contribution in [2.45, 2.75) is 50.5 Å². The molecule has 0 aromatic heterocycles. The van der Waals surface area contributed by atoms with Gasteiger partial charge in [-0.25, -0.2) is 13.1 Å². The molecular weight excluding hydrogens is 328 g/mol. The van der Waals surface area contributed by atoms with E-state index in [-0.39, 0.29) is 16.8 Å². The van der Waals surface area contributed by atoms with E-state index < -0.39 is 10.0 Å². The number of likely N-dealkylation sites (tertiary alicyclic amines) is 1. The second-order valence-electron chi connectivity index (χ2n) is 6.17. The molecule has 1 amide bonds. The summed E-state index contributed by atoms with van der Waals surface area (Å²) >= 11 is 0. The number of methoxy groups -OCH3 is 1. The summed E-state index contributed by atoms with van der Waals surface area (Å²) in [5, 5.41) is 0. The number of amides is 1. The Hall–Kier alpha value is -1.60. The Morgan fingerprint density at radius 3 is 2.58 bits per heavy atom. The van der Waals surface area contributed by atoms with Crippen LogP contribution in [0.25, 0.3) is 0 Å². The predicted molar refractivity (Wildman–Crippen MR) is 92.8 cm³/mol. The highest BCUT2D eigenvalue weighted by molar-refractivity contribution is 7.89. The molecule has 0 saturated carbocycles. The molecule has 1 aliphatic heterocycles. The maximum Gasteiger partial charge on any atom is 0.257 e. The van der Waals surface area contributed by atoms with Gasteiger partial charge in [-0.1, -0.05) is 13.3 Å². The van der Waals surface area contributed by atoms with Crippen LogP contribution in [0.1, 0.15) is 49.9 Å². The molecule has 0 spiro atoms. The molecule has 0 radical (unpaired) electrons. The normalized spacial score (nSPS) is 16.2. The fourth-order valence-corrected chi connectivity index (χ4v) is 4.24. The maximum atomic E-state index is 12.7. The van der Waals surface area contributed by atoms with Crippen LogP contribution in [0.4, 0.5) is 0 Å². The number of carbonyl (C=O) groups excluding carboxylic acids is 1. The van der Waals surface area contributed by atoms with Gasteiger partial charge in [-0.3, -0.25) is 4.79 Å². The van der Waals surface area contributed by atoms with Crippen molar-refractivity contribution in [3.8, 4) is 5.75 Å². The van der Waals surface area contributed by atoms with Crippen molar-refractivity contribution in [2.24, 2.45) is 0 Å². The molecule has 1 aliphatic rings. The molecule has 1 aromatic carbocycles. The molecule has 134 valence electrons. The van der Waals surface area contributed by atoms with Crippen LogP contribution in [0.5, 0.6) is 5.75 Å². The molecule has 24 heavy (non-hydrogen) atoms. The SMILES string of the molecule is CCC[C@H](C)NS(=O)(=O)c1ccc(OC)c(C(=O)N2CCCC2)c1. The van der Waals surface area contributed by atoms with Crippen LogP contribution < -0.4 is 9.46 Å². The molecule has 1 aromatic rings. The summed E-state index contributed by atoms with van der Waals surface area (Å²) in [6, 6.07) is 4.28. The Kier molecular flexibility index (Phi) is 6.23. The van der Waals surface area contributed by atoms with Crippen LogP contribution in [-0.2, 0) is 10.0 Å². The van der Waals surface area contributed by atoms with Gasteiger partial charge in [-0.15, -0.1) is 0 Å². The van der Waals surface area contributed by atoms with Gasteiger partial charge in [-0.2, -0.15) is 0 Å².